The minimum Gasteiger partial charge on any atom is -0.490 e. The zero-order valence-corrected chi connectivity index (χ0v) is 10.8. The molecule has 1 aromatic carbocycles. The summed E-state index contributed by atoms with van der Waals surface area (Å²) in [4.78, 5) is 23.7. The molecule has 0 heterocycles. The molecule has 0 unspecified atom stereocenters. The highest BCUT2D eigenvalue weighted by molar-refractivity contribution is 6.18. The van der Waals surface area contributed by atoms with Crippen molar-refractivity contribution >= 4 is 23.2 Å². The zero-order chi connectivity index (χ0) is 13.7. The van der Waals surface area contributed by atoms with Crippen LogP contribution in [-0.2, 0) is 0 Å². The van der Waals surface area contributed by atoms with Crippen molar-refractivity contribution in [1.29, 1.82) is 0 Å². The van der Waals surface area contributed by atoms with E-state index < -0.39 is 4.92 Å². The molecule has 1 aromatic rings. The maximum atomic E-state index is 12.1. The van der Waals surface area contributed by atoms with E-state index in [1.54, 1.807) is 7.05 Å². The maximum absolute atomic E-state index is 12.1. The summed E-state index contributed by atoms with van der Waals surface area (Å²) in [5.41, 5.74) is -0.0815. The fourth-order valence-electron chi connectivity index (χ4n) is 1.49. The number of hydrogen-bond acceptors (Lipinski definition) is 4. The van der Waals surface area contributed by atoms with Gasteiger partial charge >= 0.3 is 5.69 Å². The van der Waals surface area contributed by atoms with Crippen LogP contribution >= 0.6 is 11.6 Å². The van der Waals surface area contributed by atoms with Gasteiger partial charge in [-0.1, -0.05) is 6.07 Å². The Morgan fingerprint density at radius 1 is 1.56 bits per heavy atom. The van der Waals surface area contributed by atoms with E-state index in [9.17, 15) is 14.9 Å². The average Bonchev–Trinajstić information content (AvgIpc) is 2.36. The maximum Gasteiger partial charge on any atom is 0.311 e. The third-order valence-corrected chi connectivity index (χ3v) is 2.56. The van der Waals surface area contributed by atoms with Crippen molar-refractivity contribution in [3.63, 3.8) is 0 Å². The Bertz CT molecular complexity index is 464. The Labute approximate surface area is 109 Å². The molecule has 98 valence electrons. The van der Waals surface area contributed by atoms with Gasteiger partial charge in [-0.2, -0.15) is 0 Å². The summed E-state index contributed by atoms with van der Waals surface area (Å²) in [6.07, 6.45) is 0. The number of ether oxygens (including phenoxy) is 1. The van der Waals surface area contributed by atoms with E-state index in [0.29, 0.717) is 12.4 Å². The first kappa shape index (κ1) is 14.2. The van der Waals surface area contributed by atoms with Crippen LogP contribution in [0.1, 0.15) is 10.4 Å². The monoisotopic (exact) mass is 272 g/mol. The number of nitro groups is 1. The first-order valence-corrected chi connectivity index (χ1v) is 5.69. The summed E-state index contributed by atoms with van der Waals surface area (Å²) in [6, 6.07) is 4.22. The number of alkyl halides is 1. The van der Waals surface area contributed by atoms with Crippen molar-refractivity contribution in [2.24, 2.45) is 0 Å². The number of para-hydroxylation sites is 1. The number of carbonyl (C=O) groups excluding carboxylic acids is 1. The number of halogens is 1. The molecule has 0 aliphatic carbocycles. The SMILES string of the molecule is COc1c(C(=O)N(C)CCCl)cccc1[N+](=O)[O-]. The number of benzene rings is 1. The lowest BCUT2D eigenvalue weighted by Gasteiger charge is -2.17. The highest BCUT2D eigenvalue weighted by Gasteiger charge is 2.24. The van der Waals surface area contributed by atoms with E-state index >= 15 is 0 Å². The highest BCUT2D eigenvalue weighted by Crippen LogP contribution is 2.31. The molecule has 18 heavy (non-hydrogen) atoms. The molecule has 0 radical (unpaired) electrons. The topological polar surface area (TPSA) is 72.7 Å². The Balaban J connectivity index is 3.20. The van der Waals surface area contributed by atoms with Crippen LogP contribution in [0.4, 0.5) is 5.69 Å². The molecular weight excluding hydrogens is 260 g/mol. The lowest BCUT2D eigenvalue weighted by Crippen LogP contribution is -2.29. The molecular formula is C11H13ClN2O4. The van der Waals surface area contributed by atoms with Gasteiger partial charge < -0.3 is 9.64 Å². The van der Waals surface area contributed by atoms with E-state index in [1.807, 2.05) is 0 Å². The molecule has 0 saturated carbocycles. The van der Waals surface area contributed by atoms with Crippen LogP contribution in [0.3, 0.4) is 0 Å². The molecule has 0 N–H and O–H groups in total. The number of hydrogen-bond donors (Lipinski definition) is 0. The number of methoxy groups -OCH3 is 1. The molecule has 1 amide bonds. The quantitative estimate of drug-likeness (QED) is 0.466. The van der Waals surface area contributed by atoms with Crippen LogP contribution in [0.5, 0.6) is 5.75 Å². The van der Waals surface area contributed by atoms with Gasteiger partial charge in [0.05, 0.1) is 17.6 Å². The molecule has 6 nitrogen and oxygen atoms in total. The Morgan fingerprint density at radius 2 is 2.22 bits per heavy atom. The summed E-state index contributed by atoms with van der Waals surface area (Å²) in [6.45, 7) is 0.353. The summed E-state index contributed by atoms with van der Waals surface area (Å²) in [5, 5.41) is 10.8. The van der Waals surface area contributed by atoms with Gasteiger partial charge in [-0.05, 0) is 6.07 Å². The zero-order valence-electron chi connectivity index (χ0n) is 10.1. The van der Waals surface area contributed by atoms with E-state index in [1.165, 1.54) is 30.2 Å². The van der Waals surface area contributed by atoms with Crippen molar-refractivity contribution in [1.82, 2.24) is 4.90 Å². The van der Waals surface area contributed by atoms with E-state index in [2.05, 4.69) is 0 Å². The summed E-state index contributed by atoms with van der Waals surface area (Å²) >= 11 is 5.55. The second kappa shape index (κ2) is 6.20. The second-order valence-corrected chi connectivity index (χ2v) is 3.91. The van der Waals surface area contributed by atoms with Gasteiger partial charge in [-0.15, -0.1) is 11.6 Å². The van der Waals surface area contributed by atoms with E-state index in [-0.39, 0.29) is 22.9 Å². The third-order valence-electron chi connectivity index (χ3n) is 2.39. The van der Waals surface area contributed by atoms with Crippen LogP contribution < -0.4 is 4.74 Å². The summed E-state index contributed by atoms with van der Waals surface area (Å²) in [7, 11) is 2.86. The number of nitrogens with zero attached hydrogens (tertiary/aromatic N) is 2. The standard InChI is InChI=1S/C11H13ClN2O4/c1-13(7-6-12)11(15)8-4-3-5-9(14(16)17)10(8)18-2/h3-5H,6-7H2,1-2H3. The number of rotatable bonds is 5. The second-order valence-electron chi connectivity index (χ2n) is 3.53. The van der Waals surface area contributed by atoms with Crippen LogP contribution in [0.2, 0.25) is 0 Å². The molecule has 0 atom stereocenters. The largest absolute Gasteiger partial charge is 0.490 e. The molecule has 1 rings (SSSR count). The molecule has 7 heteroatoms. The van der Waals surface area contributed by atoms with Gasteiger partial charge in [0.25, 0.3) is 5.91 Å². The van der Waals surface area contributed by atoms with Crippen LogP contribution in [0.25, 0.3) is 0 Å². The van der Waals surface area contributed by atoms with E-state index in [0.717, 1.165) is 0 Å². The first-order chi connectivity index (χ1) is 8.52. The molecule has 0 aliphatic rings. The van der Waals surface area contributed by atoms with Gasteiger partial charge in [0.15, 0.2) is 0 Å². The molecule has 0 spiro atoms. The Kier molecular flexibility index (Phi) is 4.91. The van der Waals surface area contributed by atoms with E-state index in [4.69, 9.17) is 16.3 Å². The summed E-state index contributed by atoms with van der Waals surface area (Å²) < 4.78 is 4.97. The summed E-state index contributed by atoms with van der Waals surface area (Å²) in [5.74, 6) is -0.107. The third kappa shape index (κ3) is 2.89. The molecule has 0 saturated heterocycles. The van der Waals surface area contributed by atoms with Crippen molar-refractivity contribution in [3.8, 4) is 5.75 Å². The number of nitro benzene ring substituents is 1. The normalized spacial score (nSPS) is 9.94. The number of carbonyl (C=O) groups is 1. The van der Waals surface area contributed by atoms with Gasteiger partial charge in [-0.25, -0.2) is 0 Å². The molecule has 0 aromatic heterocycles. The predicted molar refractivity (Wildman–Crippen MR) is 67.3 cm³/mol. The van der Waals surface area contributed by atoms with Crippen molar-refractivity contribution in [2.45, 2.75) is 0 Å². The molecule has 0 aliphatic heterocycles. The average molecular weight is 273 g/mol. The van der Waals surface area contributed by atoms with Gasteiger partial charge in [0.2, 0.25) is 5.75 Å². The van der Waals surface area contributed by atoms with Gasteiger partial charge in [0.1, 0.15) is 0 Å². The first-order valence-electron chi connectivity index (χ1n) is 5.15. The van der Waals surface area contributed by atoms with Gasteiger partial charge in [-0.3, -0.25) is 14.9 Å². The minimum atomic E-state index is -0.586. The smallest absolute Gasteiger partial charge is 0.311 e. The predicted octanol–water partition coefficient (Wildman–Crippen LogP) is 1.91. The van der Waals surface area contributed by atoms with Crippen molar-refractivity contribution in [2.75, 3.05) is 26.6 Å². The molecule has 0 fully saturated rings. The van der Waals surface area contributed by atoms with Crippen LogP contribution in [0, 0.1) is 10.1 Å². The molecule has 0 bridgehead atoms. The van der Waals surface area contributed by atoms with Crippen molar-refractivity contribution in [3.05, 3.63) is 33.9 Å². The van der Waals surface area contributed by atoms with Crippen LogP contribution in [-0.4, -0.2) is 42.3 Å². The highest BCUT2D eigenvalue weighted by atomic mass is 35.5. The Hall–Kier alpha value is -1.82. The van der Waals surface area contributed by atoms with Crippen molar-refractivity contribution < 1.29 is 14.5 Å². The lowest BCUT2D eigenvalue weighted by atomic mass is 10.1. The fourth-order valence-corrected chi connectivity index (χ4v) is 1.74. The fraction of sp³-hybridized carbons (Fsp3) is 0.364. The van der Waals surface area contributed by atoms with Crippen LogP contribution in [0.15, 0.2) is 18.2 Å². The van der Waals surface area contributed by atoms with Gasteiger partial charge in [0, 0.05) is 25.5 Å². The number of amides is 1. The Morgan fingerprint density at radius 3 is 2.72 bits per heavy atom. The lowest BCUT2D eigenvalue weighted by molar-refractivity contribution is -0.385. The minimum absolute atomic E-state index is 0.0334.